The molecule has 1 aromatic rings. The Morgan fingerprint density at radius 2 is 1.64 bits per heavy atom. The van der Waals surface area contributed by atoms with E-state index in [1.807, 2.05) is 84.1 Å². The highest BCUT2D eigenvalue weighted by Crippen LogP contribution is 2.31. The minimum Gasteiger partial charge on any atom is -0.444 e. The van der Waals surface area contributed by atoms with Crippen molar-refractivity contribution in [2.45, 2.75) is 101 Å². The Morgan fingerprint density at radius 3 is 2.17 bits per heavy atom. The number of halogens is 1. The van der Waals surface area contributed by atoms with E-state index in [-0.39, 0.29) is 11.9 Å². The van der Waals surface area contributed by atoms with Gasteiger partial charge in [0.15, 0.2) is 0 Å². The average molecular weight is 645 g/mol. The summed E-state index contributed by atoms with van der Waals surface area (Å²) in [5.74, 6) is -0.262. The maximum Gasteiger partial charge on any atom is 0.410 e. The van der Waals surface area contributed by atoms with Crippen LogP contribution < -0.4 is 0 Å². The van der Waals surface area contributed by atoms with Crippen molar-refractivity contribution >= 4 is 17.4 Å². The maximum atomic E-state index is 14.7. The lowest BCUT2D eigenvalue weighted by atomic mass is 9.92. The molecule has 1 amide bonds. The Labute approximate surface area is 284 Å². The van der Waals surface area contributed by atoms with Gasteiger partial charge in [-0.1, -0.05) is 75.3 Å². The number of allylic oxidation sites excluding steroid dienone is 11. The zero-order chi connectivity index (χ0) is 35.4. The monoisotopic (exact) mass is 644 g/mol. The number of amides is 1. The molecule has 7 heteroatoms. The highest BCUT2D eigenvalue weighted by molar-refractivity contribution is 6.12. The highest BCUT2D eigenvalue weighted by Gasteiger charge is 2.27. The summed E-state index contributed by atoms with van der Waals surface area (Å²) >= 11 is 0. The lowest BCUT2D eigenvalue weighted by Gasteiger charge is -2.38. The largest absolute Gasteiger partial charge is 0.444 e. The van der Waals surface area contributed by atoms with Gasteiger partial charge in [-0.05, 0) is 91.5 Å². The molecule has 2 rings (SSSR count). The molecule has 0 saturated carbocycles. The van der Waals surface area contributed by atoms with Crippen LogP contribution in [0.15, 0.2) is 94.3 Å². The molecule has 1 saturated heterocycles. The molecule has 256 valence electrons. The minimum absolute atomic E-state index is 0.262. The van der Waals surface area contributed by atoms with Crippen molar-refractivity contribution in [3.63, 3.8) is 0 Å². The quantitative estimate of drug-likeness (QED) is 0.137. The van der Waals surface area contributed by atoms with Crippen LogP contribution in [0, 0.1) is 17.1 Å². The standard InChI is InChI=1S/C27H38FN3O2.C13H19N/c1-8-10-15-29-20(3)25(22(9-2)23-13-11-12-14-24(23)28)21(4)30-16-18-31(19-17-30)26(32)33-27(5,6)7;1-4-6-7-9-13(11-14)10-12(3)8-5-2/h9-15H,8,16-19H2,1-7H3;6-7,9-10H,4-5,8H2,1-3H3/b15-10+,22-9-,25-21-,29-20+;7-6+,12-10+,13-9+. The van der Waals surface area contributed by atoms with Crippen LogP contribution in [0.25, 0.3) is 5.57 Å². The van der Waals surface area contributed by atoms with Gasteiger partial charge in [-0.15, -0.1) is 0 Å². The number of piperazine rings is 1. The van der Waals surface area contributed by atoms with E-state index in [4.69, 9.17) is 10.00 Å². The second-order valence-corrected chi connectivity index (χ2v) is 12.4. The number of rotatable bonds is 11. The topological polar surface area (TPSA) is 68.9 Å². The molecule has 0 bridgehead atoms. The van der Waals surface area contributed by atoms with Gasteiger partial charge in [0, 0.05) is 54.9 Å². The Bertz CT molecular complexity index is 1410. The summed E-state index contributed by atoms with van der Waals surface area (Å²) in [6.45, 7) is 22.4. The number of carbonyl (C=O) groups is 1. The Hall–Kier alpha value is -4.18. The van der Waals surface area contributed by atoms with Crippen LogP contribution >= 0.6 is 0 Å². The molecule has 1 aliphatic rings. The smallest absolute Gasteiger partial charge is 0.410 e. The fourth-order valence-corrected chi connectivity index (χ4v) is 4.97. The molecule has 47 heavy (non-hydrogen) atoms. The van der Waals surface area contributed by atoms with Gasteiger partial charge in [-0.2, -0.15) is 5.26 Å². The fourth-order valence-electron chi connectivity index (χ4n) is 4.97. The van der Waals surface area contributed by atoms with E-state index in [0.29, 0.717) is 31.7 Å². The summed E-state index contributed by atoms with van der Waals surface area (Å²) < 4.78 is 20.3. The Balaban J connectivity index is 0.000000663. The number of benzene rings is 1. The number of nitriles is 1. The lowest BCUT2D eigenvalue weighted by molar-refractivity contribution is 0.0168. The second-order valence-electron chi connectivity index (χ2n) is 12.4. The molecule has 1 aliphatic heterocycles. The van der Waals surface area contributed by atoms with Crippen LogP contribution in [0.5, 0.6) is 0 Å². The first-order valence-corrected chi connectivity index (χ1v) is 16.8. The number of carbonyl (C=O) groups excluding carboxylic acids is 1. The van der Waals surface area contributed by atoms with Crippen molar-refractivity contribution in [3.05, 3.63) is 101 Å². The zero-order valence-corrected chi connectivity index (χ0v) is 30.5. The predicted octanol–water partition coefficient (Wildman–Crippen LogP) is 10.6. The fraction of sp³-hybridized carbons (Fsp3) is 0.475. The van der Waals surface area contributed by atoms with Crippen LogP contribution in [0.1, 0.15) is 100 Å². The van der Waals surface area contributed by atoms with Gasteiger partial charge in [0.25, 0.3) is 0 Å². The van der Waals surface area contributed by atoms with Crippen LogP contribution in [0.3, 0.4) is 0 Å². The molecule has 6 nitrogen and oxygen atoms in total. The SMILES string of the molecule is CC/C=C/C=C(C#N)\C=C(/C)CCC.C\C=C(C(/C(C)=N/C=C/CC)=C(/C)N1CCN(C(=O)OC(C)(C)C)CC1)\c1ccccc1F. The third kappa shape index (κ3) is 14.9. The van der Waals surface area contributed by atoms with E-state index in [1.165, 1.54) is 11.6 Å². The van der Waals surface area contributed by atoms with E-state index in [1.54, 1.807) is 23.2 Å². The van der Waals surface area contributed by atoms with Crippen molar-refractivity contribution in [2.24, 2.45) is 4.99 Å². The lowest BCUT2D eigenvalue weighted by Crippen LogP contribution is -2.49. The number of hydrogen-bond acceptors (Lipinski definition) is 5. The number of hydrogen-bond donors (Lipinski definition) is 0. The molecule has 0 aliphatic carbocycles. The third-order valence-corrected chi connectivity index (χ3v) is 7.28. The molecule has 1 heterocycles. The van der Waals surface area contributed by atoms with Gasteiger partial charge in [0.2, 0.25) is 0 Å². The summed E-state index contributed by atoms with van der Waals surface area (Å²) in [7, 11) is 0. The summed E-state index contributed by atoms with van der Waals surface area (Å²) in [6.07, 6.45) is 17.4. The summed E-state index contributed by atoms with van der Waals surface area (Å²) in [4.78, 5) is 21.1. The van der Waals surface area contributed by atoms with Gasteiger partial charge >= 0.3 is 6.09 Å². The molecule has 0 radical (unpaired) electrons. The predicted molar refractivity (Wildman–Crippen MR) is 196 cm³/mol. The number of nitrogens with zero attached hydrogens (tertiary/aromatic N) is 4. The van der Waals surface area contributed by atoms with Gasteiger partial charge in [-0.25, -0.2) is 9.18 Å². The summed E-state index contributed by atoms with van der Waals surface area (Å²) in [6, 6.07) is 9.01. The summed E-state index contributed by atoms with van der Waals surface area (Å²) in [5, 5.41) is 8.85. The first kappa shape index (κ1) is 40.8. The van der Waals surface area contributed by atoms with Crippen molar-refractivity contribution < 1.29 is 13.9 Å². The van der Waals surface area contributed by atoms with Crippen molar-refractivity contribution in [1.82, 2.24) is 9.80 Å². The van der Waals surface area contributed by atoms with E-state index in [0.717, 1.165) is 53.8 Å². The molecule has 0 spiro atoms. The zero-order valence-electron chi connectivity index (χ0n) is 30.5. The van der Waals surface area contributed by atoms with E-state index < -0.39 is 5.60 Å². The molecule has 0 N–H and O–H groups in total. The molecule has 0 aromatic heterocycles. The highest BCUT2D eigenvalue weighted by atomic mass is 19.1. The molecule has 0 unspecified atom stereocenters. The van der Waals surface area contributed by atoms with Crippen LogP contribution in [0.2, 0.25) is 0 Å². The second kappa shape index (κ2) is 21.6. The first-order valence-electron chi connectivity index (χ1n) is 16.8. The molecule has 1 aromatic carbocycles. The van der Waals surface area contributed by atoms with Crippen molar-refractivity contribution in [2.75, 3.05) is 26.2 Å². The van der Waals surface area contributed by atoms with E-state index >= 15 is 0 Å². The van der Waals surface area contributed by atoms with Crippen LogP contribution in [-0.2, 0) is 4.74 Å². The number of ether oxygens (including phenoxy) is 1. The van der Waals surface area contributed by atoms with Gasteiger partial charge in [0.1, 0.15) is 11.4 Å². The van der Waals surface area contributed by atoms with Gasteiger partial charge in [0.05, 0.1) is 11.6 Å². The molecular formula is C40H57FN4O2. The maximum absolute atomic E-state index is 14.7. The third-order valence-electron chi connectivity index (χ3n) is 7.28. The normalized spacial score (nSPS) is 15.8. The van der Waals surface area contributed by atoms with Gasteiger partial charge in [-0.3, -0.25) is 4.99 Å². The van der Waals surface area contributed by atoms with Crippen LogP contribution in [-0.4, -0.2) is 53.4 Å². The van der Waals surface area contributed by atoms with Crippen molar-refractivity contribution in [3.8, 4) is 6.07 Å². The minimum atomic E-state index is -0.516. The summed E-state index contributed by atoms with van der Waals surface area (Å²) in [5.41, 5.74) is 5.60. The van der Waals surface area contributed by atoms with Gasteiger partial charge < -0.3 is 14.5 Å². The van der Waals surface area contributed by atoms with Crippen molar-refractivity contribution in [1.29, 1.82) is 5.26 Å². The molecule has 1 fully saturated rings. The first-order chi connectivity index (χ1) is 22.3. The number of aliphatic imine (C=N–C) groups is 1. The van der Waals surface area contributed by atoms with E-state index in [9.17, 15) is 9.18 Å². The molecular weight excluding hydrogens is 587 g/mol. The Kier molecular flexibility index (Phi) is 18.8. The molecule has 0 atom stereocenters. The van der Waals surface area contributed by atoms with E-state index in [2.05, 4.69) is 43.7 Å². The Morgan fingerprint density at radius 1 is 1.02 bits per heavy atom. The average Bonchev–Trinajstić information content (AvgIpc) is 3.03. The van der Waals surface area contributed by atoms with Crippen LogP contribution in [0.4, 0.5) is 9.18 Å².